The van der Waals surface area contributed by atoms with E-state index in [1.54, 1.807) is 0 Å². The van der Waals surface area contributed by atoms with Gasteiger partial charge in [0.05, 0.1) is 22.2 Å². The van der Waals surface area contributed by atoms with Gasteiger partial charge in [0.25, 0.3) is 6.71 Å². The zero-order chi connectivity index (χ0) is 66.7. The predicted octanol–water partition coefficient (Wildman–Crippen LogP) is 22.0. The summed E-state index contributed by atoms with van der Waals surface area (Å²) < 4.78 is 5.37. The molecule has 12 aromatic rings. The lowest BCUT2D eigenvalue weighted by atomic mass is 9.34. The summed E-state index contributed by atoms with van der Waals surface area (Å²) in [5.41, 5.74) is 30.3. The highest BCUT2D eigenvalue weighted by molar-refractivity contribution is 7.00. The van der Waals surface area contributed by atoms with Crippen molar-refractivity contribution in [3.8, 4) is 56.3 Å². The number of hydrogen-bond donors (Lipinski definition) is 0. The minimum absolute atomic E-state index is 0.0664. The van der Waals surface area contributed by atoms with Gasteiger partial charge in [-0.1, -0.05) is 263 Å². The molecule has 472 valence electrons. The number of aromatic nitrogens is 4. The summed E-state index contributed by atoms with van der Waals surface area (Å²) in [5.74, 6) is 0.737. The standard InChI is InChI=1S/C88H97BN4/c1-81(2,3)54-29-35-70-65(48-54)74-62(50-37-56(83(7,8)9)45-57(38-50)84(10,11)12)31-33-67-78(74)92(70)72-43-52(77-64-27-25-26-28-69(64)90-80(91-77)53-41-60(87(19,20)21)47-61(42-53)88(22,23)24)44-73-76(72)89(67)68-34-32-63(51-39-58(85(13,14)15)46-59(40-51)86(16,17)18)75-66-49-55(82(4,5)6)30-36-71(66)93(73)79(68)75/h25-49H,1-24H3. The smallest absolute Gasteiger partial charge is 0.252 e. The molecule has 14 rings (SSSR count). The van der Waals surface area contributed by atoms with E-state index >= 15 is 0 Å². The lowest BCUT2D eigenvalue weighted by molar-refractivity contribution is 0.568. The Labute approximate surface area is 555 Å². The molecule has 0 unspecified atom stereocenters. The molecule has 2 aliphatic rings. The predicted molar refractivity (Wildman–Crippen MR) is 404 cm³/mol. The van der Waals surface area contributed by atoms with Gasteiger partial charge >= 0.3 is 0 Å². The van der Waals surface area contributed by atoms with Crippen molar-refractivity contribution in [2.75, 3.05) is 0 Å². The van der Waals surface area contributed by atoms with Crippen LogP contribution in [0.15, 0.2) is 152 Å². The van der Waals surface area contributed by atoms with Crippen LogP contribution < -0.4 is 16.4 Å². The number of nitrogens with zero attached hydrogens (tertiary/aromatic N) is 4. The van der Waals surface area contributed by atoms with Crippen molar-refractivity contribution in [2.24, 2.45) is 0 Å². The highest BCUT2D eigenvalue weighted by Gasteiger charge is 2.43. The van der Waals surface area contributed by atoms with E-state index in [1.165, 1.54) is 138 Å². The summed E-state index contributed by atoms with van der Waals surface area (Å²) in [6.45, 7) is 56.3. The molecule has 5 heteroatoms. The first-order valence-corrected chi connectivity index (χ1v) is 34.3. The van der Waals surface area contributed by atoms with Crippen molar-refractivity contribution >= 4 is 77.6 Å². The highest BCUT2D eigenvalue weighted by atomic mass is 15.0. The molecule has 0 atom stereocenters. The van der Waals surface area contributed by atoms with Gasteiger partial charge in [0, 0.05) is 60.5 Å². The van der Waals surface area contributed by atoms with Crippen molar-refractivity contribution in [3.63, 3.8) is 0 Å². The van der Waals surface area contributed by atoms with Gasteiger partial charge in [0.15, 0.2) is 5.82 Å². The van der Waals surface area contributed by atoms with Crippen molar-refractivity contribution in [1.82, 2.24) is 19.1 Å². The summed E-state index contributed by atoms with van der Waals surface area (Å²) in [6, 6.07) is 60.6. The molecule has 0 spiro atoms. The van der Waals surface area contributed by atoms with E-state index in [0.29, 0.717) is 0 Å². The van der Waals surface area contributed by atoms with Gasteiger partial charge in [0.1, 0.15) is 0 Å². The van der Waals surface area contributed by atoms with Crippen molar-refractivity contribution in [3.05, 3.63) is 196 Å². The summed E-state index contributed by atoms with van der Waals surface area (Å²) in [4.78, 5) is 11.4. The third kappa shape index (κ3) is 10.2. The van der Waals surface area contributed by atoms with Gasteiger partial charge in [-0.2, -0.15) is 0 Å². The topological polar surface area (TPSA) is 35.6 Å². The summed E-state index contributed by atoms with van der Waals surface area (Å²) >= 11 is 0. The largest absolute Gasteiger partial charge is 0.310 e. The second-order valence-corrected chi connectivity index (χ2v) is 36.2. The fourth-order valence-corrected chi connectivity index (χ4v) is 15.0. The molecule has 0 bridgehead atoms. The molecule has 4 nitrogen and oxygen atoms in total. The molecule has 5 heterocycles. The molecular formula is C88H97BN4. The molecule has 0 saturated carbocycles. The van der Waals surface area contributed by atoms with E-state index < -0.39 is 0 Å². The van der Waals surface area contributed by atoms with E-state index in [0.717, 1.165) is 33.5 Å². The van der Waals surface area contributed by atoms with Crippen molar-refractivity contribution < 1.29 is 0 Å². The first-order chi connectivity index (χ1) is 43.1. The summed E-state index contributed by atoms with van der Waals surface area (Å²) in [6.07, 6.45) is 0. The summed E-state index contributed by atoms with van der Waals surface area (Å²) in [7, 11) is 0. The third-order valence-corrected chi connectivity index (χ3v) is 20.9. The van der Waals surface area contributed by atoms with Crippen LogP contribution in [-0.4, -0.2) is 25.8 Å². The lowest BCUT2D eigenvalue weighted by Gasteiger charge is -2.35. The minimum Gasteiger partial charge on any atom is -0.310 e. The zero-order valence-corrected chi connectivity index (χ0v) is 60.3. The van der Waals surface area contributed by atoms with E-state index in [2.05, 4.69) is 327 Å². The molecule has 0 radical (unpaired) electrons. The average molecular weight is 1220 g/mol. The van der Waals surface area contributed by atoms with Gasteiger partial charge in [0.2, 0.25) is 0 Å². The SMILES string of the molecule is CC(C)(C)c1cc(-c2nc(-c3cc4c5c(c3)-n3c6ccc(C(C)(C)C)cc6c6c(-c7cc(C(C)(C)C)cc(C(C)(C)C)c7)ccc(c63)B5c3ccc(-c5cc(C(C)(C)C)cc(C(C)(C)C)c5)c5c6cc(C(C)(C)C)ccc6n-4c35)c3ccccc3n2)cc(C(C)(C)C)c1. The zero-order valence-electron chi connectivity index (χ0n) is 60.3. The van der Waals surface area contributed by atoms with Crippen LogP contribution in [0.25, 0.3) is 111 Å². The Hall–Kier alpha value is -8.02. The maximum Gasteiger partial charge on any atom is 0.252 e. The second-order valence-electron chi connectivity index (χ2n) is 36.2. The Morgan fingerprint density at radius 2 is 0.656 bits per heavy atom. The van der Waals surface area contributed by atoms with Gasteiger partial charge in [-0.25, -0.2) is 9.97 Å². The van der Waals surface area contributed by atoms with Crippen LogP contribution in [0.5, 0.6) is 0 Å². The summed E-state index contributed by atoms with van der Waals surface area (Å²) in [5, 5.41) is 6.21. The van der Waals surface area contributed by atoms with Gasteiger partial charge < -0.3 is 9.13 Å². The molecule has 0 aliphatic carbocycles. The molecule has 0 N–H and O–H groups in total. The molecule has 0 saturated heterocycles. The first-order valence-electron chi connectivity index (χ1n) is 34.3. The van der Waals surface area contributed by atoms with Gasteiger partial charge in [-0.15, -0.1) is 0 Å². The van der Waals surface area contributed by atoms with E-state index in [9.17, 15) is 0 Å². The monoisotopic (exact) mass is 1220 g/mol. The van der Waals surface area contributed by atoms with Gasteiger partial charge in [-0.3, -0.25) is 0 Å². The maximum absolute atomic E-state index is 5.90. The van der Waals surface area contributed by atoms with Crippen LogP contribution in [0.3, 0.4) is 0 Å². The van der Waals surface area contributed by atoms with Crippen LogP contribution in [-0.2, 0) is 43.3 Å². The fourth-order valence-electron chi connectivity index (χ4n) is 15.0. The van der Waals surface area contributed by atoms with Crippen LogP contribution in [0, 0.1) is 0 Å². The fraction of sp³-hybridized carbons (Fsp3) is 0.364. The van der Waals surface area contributed by atoms with E-state index in [-0.39, 0.29) is 50.0 Å². The number of fused-ring (bicyclic) bond motifs is 11. The third-order valence-electron chi connectivity index (χ3n) is 20.9. The molecule has 9 aromatic carbocycles. The van der Waals surface area contributed by atoms with Crippen molar-refractivity contribution in [2.45, 2.75) is 209 Å². The first kappa shape index (κ1) is 62.4. The highest BCUT2D eigenvalue weighted by Crippen LogP contribution is 2.49. The molecule has 0 amide bonds. The quantitative estimate of drug-likeness (QED) is 0.165. The normalized spacial score (nSPS) is 14.0. The second kappa shape index (κ2) is 20.3. The molecule has 0 fully saturated rings. The maximum atomic E-state index is 5.90. The van der Waals surface area contributed by atoms with Crippen molar-refractivity contribution in [1.29, 1.82) is 0 Å². The van der Waals surface area contributed by atoms with E-state index in [1.807, 2.05) is 0 Å². The Bertz CT molecular complexity index is 4810. The van der Waals surface area contributed by atoms with E-state index in [4.69, 9.17) is 9.97 Å². The molecular weight excluding hydrogens is 1120 g/mol. The Balaban J connectivity index is 1.18. The molecule has 2 aliphatic heterocycles. The Kier molecular flexibility index (Phi) is 13.6. The Morgan fingerprint density at radius 3 is 1.02 bits per heavy atom. The van der Waals surface area contributed by atoms with Gasteiger partial charge in [-0.05, 0) is 181 Å². The lowest BCUT2D eigenvalue weighted by Crippen LogP contribution is -2.59. The van der Waals surface area contributed by atoms with Crippen LogP contribution >= 0.6 is 0 Å². The van der Waals surface area contributed by atoms with Crippen LogP contribution in [0.1, 0.15) is 211 Å². The number of para-hydroxylation sites is 1. The molecule has 93 heavy (non-hydrogen) atoms. The number of hydrogen-bond acceptors (Lipinski definition) is 2. The van der Waals surface area contributed by atoms with Crippen LogP contribution in [0.4, 0.5) is 0 Å². The Morgan fingerprint density at radius 1 is 0.301 bits per heavy atom. The minimum atomic E-state index is -0.110. The average Bonchev–Trinajstić information content (AvgIpc) is 1.55. The molecule has 3 aromatic heterocycles. The number of benzene rings is 9. The van der Waals surface area contributed by atoms with Crippen LogP contribution in [0.2, 0.25) is 0 Å². The number of rotatable bonds is 4.